The van der Waals surface area contributed by atoms with E-state index < -0.39 is 5.56 Å². The Morgan fingerprint density at radius 2 is 1.88 bits per heavy atom. The molecule has 0 aliphatic rings. The summed E-state index contributed by atoms with van der Waals surface area (Å²) in [5.41, 5.74) is 0.557. The summed E-state index contributed by atoms with van der Waals surface area (Å²) in [6, 6.07) is 9.72. The lowest BCUT2D eigenvalue weighted by atomic mass is 10.2. The van der Waals surface area contributed by atoms with Crippen LogP contribution in [0.4, 0.5) is 0 Å². The quantitative estimate of drug-likeness (QED) is 0.773. The van der Waals surface area contributed by atoms with Crippen molar-refractivity contribution >= 4 is 23.2 Å². The fourth-order valence-electron chi connectivity index (χ4n) is 1.34. The highest BCUT2D eigenvalue weighted by atomic mass is 35.5. The van der Waals surface area contributed by atoms with E-state index in [1.165, 1.54) is 6.20 Å². The van der Waals surface area contributed by atoms with Crippen LogP contribution in [0.3, 0.4) is 0 Å². The smallest absolute Gasteiger partial charge is 0.292 e. The van der Waals surface area contributed by atoms with Crippen LogP contribution in [0.15, 0.2) is 41.3 Å². The van der Waals surface area contributed by atoms with E-state index in [2.05, 4.69) is 4.98 Å². The molecule has 0 saturated heterocycles. The molecule has 1 aromatic carbocycles. The highest BCUT2D eigenvalue weighted by Gasteiger charge is 2.04. The average molecular weight is 255 g/mol. The van der Waals surface area contributed by atoms with E-state index in [9.17, 15) is 4.79 Å². The Bertz CT molecular complexity index is 552. The van der Waals surface area contributed by atoms with Crippen molar-refractivity contribution in [3.05, 3.63) is 62.8 Å². The molecule has 1 aromatic heterocycles. The van der Waals surface area contributed by atoms with Crippen molar-refractivity contribution < 1.29 is 0 Å². The van der Waals surface area contributed by atoms with Crippen LogP contribution in [0.1, 0.15) is 5.56 Å². The minimum absolute atomic E-state index is 0.0698. The van der Waals surface area contributed by atoms with Gasteiger partial charge in [0, 0.05) is 12.7 Å². The van der Waals surface area contributed by atoms with Crippen molar-refractivity contribution in [3.63, 3.8) is 0 Å². The summed E-state index contributed by atoms with van der Waals surface area (Å²) in [5.74, 6) is 0. The molecule has 2 rings (SSSR count). The zero-order valence-electron chi connectivity index (χ0n) is 8.23. The summed E-state index contributed by atoms with van der Waals surface area (Å²) in [6.07, 6.45) is 1.49. The molecule has 0 aliphatic carbocycles. The minimum atomic E-state index is -0.504. The van der Waals surface area contributed by atoms with Gasteiger partial charge in [0.15, 0.2) is 0 Å². The first-order chi connectivity index (χ1) is 7.66. The van der Waals surface area contributed by atoms with Gasteiger partial charge >= 0.3 is 0 Å². The Morgan fingerprint density at radius 1 is 1.19 bits per heavy atom. The van der Waals surface area contributed by atoms with E-state index in [4.69, 9.17) is 23.2 Å². The van der Waals surface area contributed by atoms with Gasteiger partial charge in [0.1, 0.15) is 5.02 Å². The predicted octanol–water partition coefficient (Wildman–Crippen LogP) is 2.60. The van der Waals surface area contributed by atoms with Gasteiger partial charge < -0.3 is 4.57 Å². The molecular weight excluding hydrogens is 247 g/mol. The van der Waals surface area contributed by atoms with Gasteiger partial charge in [-0.15, -0.1) is 0 Å². The van der Waals surface area contributed by atoms with Gasteiger partial charge in [-0.1, -0.05) is 41.9 Å². The van der Waals surface area contributed by atoms with Crippen LogP contribution in [0.5, 0.6) is 0 Å². The summed E-state index contributed by atoms with van der Waals surface area (Å²) < 4.78 is 1.63. The molecule has 0 atom stereocenters. The van der Waals surface area contributed by atoms with E-state index >= 15 is 0 Å². The van der Waals surface area contributed by atoms with Crippen molar-refractivity contribution in [3.8, 4) is 0 Å². The molecule has 0 bridgehead atoms. The number of hydrogen-bond donors (Lipinski definition) is 0. The zero-order chi connectivity index (χ0) is 11.5. The van der Waals surface area contributed by atoms with Gasteiger partial charge in [0.25, 0.3) is 5.56 Å². The second-order valence-electron chi connectivity index (χ2n) is 3.28. The second kappa shape index (κ2) is 4.68. The number of aromatic nitrogens is 2. The summed E-state index contributed by atoms with van der Waals surface area (Å²) in [4.78, 5) is 14.7. The third-order valence-electron chi connectivity index (χ3n) is 2.10. The highest BCUT2D eigenvalue weighted by molar-refractivity contribution is 6.31. The van der Waals surface area contributed by atoms with Crippen molar-refractivity contribution in [1.82, 2.24) is 9.55 Å². The molecule has 3 nitrogen and oxygen atoms in total. The van der Waals surface area contributed by atoms with Crippen LogP contribution in [0.2, 0.25) is 10.3 Å². The molecule has 0 N–H and O–H groups in total. The first-order valence-corrected chi connectivity index (χ1v) is 5.39. The second-order valence-corrected chi connectivity index (χ2v) is 4.02. The molecule has 0 radical (unpaired) electrons. The third kappa shape index (κ3) is 2.43. The number of hydrogen-bond acceptors (Lipinski definition) is 2. The maximum atomic E-state index is 11.1. The Labute approximate surface area is 102 Å². The van der Waals surface area contributed by atoms with Gasteiger partial charge in [-0.25, -0.2) is 0 Å². The van der Waals surface area contributed by atoms with Crippen LogP contribution in [0, 0.1) is 0 Å². The monoisotopic (exact) mass is 254 g/mol. The number of nitrogens with zero attached hydrogens (tertiary/aromatic N) is 2. The van der Waals surface area contributed by atoms with Crippen molar-refractivity contribution in [2.24, 2.45) is 0 Å². The standard InChI is InChI=1S/C11H8Cl2N2O/c12-9-7-15(11(13)14-10(9)16)6-8-4-2-1-3-5-8/h1-5,7H,6H2. The van der Waals surface area contributed by atoms with Crippen molar-refractivity contribution in [1.29, 1.82) is 0 Å². The molecule has 16 heavy (non-hydrogen) atoms. The van der Waals surface area contributed by atoms with Crippen LogP contribution < -0.4 is 5.56 Å². The first kappa shape index (κ1) is 11.2. The van der Waals surface area contributed by atoms with Crippen molar-refractivity contribution in [2.75, 3.05) is 0 Å². The Kier molecular flexibility index (Phi) is 3.27. The molecule has 0 spiro atoms. The van der Waals surface area contributed by atoms with E-state index in [1.54, 1.807) is 4.57 Å². The van der Waals surface area contributed by atoms with Crippen LogP contribution in [-0.2, 0) is 6.54 Å². The Morgan fingerprint density at radius 3 is 2.56 bits per heavy atom. The van der Waals surface area contributed by atoms with E-state index in [1.807, 2.05) is 30.3 Å². The zero-order valence-corrected chi connectivity index (χ0v) is 9.74. The summed E-state index contributed by atoms with van der Waals surface area (Å²) in [5, 5.41) is 0.207. The maximum absolute atomic E-state index is 11.1. The molecule has 2 aromatic rings. The summed E-state index contributed by atoms with van der Waals surface area (Å²) in [7, 11) is 0. The lowest BCUT2D eigenvalue weighted by Crippen LogP contribution is -2.13. The Balaban J connectivity index is 2.36. The van der Waals surface area contributed by atoms with Crippen LogP contribution in [0.25, 0.3) is 0 Å². The molecule has 82 valence electrons. The van der Waals surface area contributed by atoms with Crippen LogP contribution >= 0.6 is 23.2 Å². The maximum Gasteiger partial charge on any atom is 0.292 e. The average Bonchev–Trinajstić information content (AvgIpc) is 2.27. The molecule has 0 amide bonds. The van der Waals surface area contributed by atoms with E-state index in [0.717, 1.165) is 5.56 Å². The highest BCUT2D eigenvalue weighted by Crippen LogP contribution is 2.10. The largest absolute Gasteiger partial charge is 0.317 e. The fourth-order valence-corrected chi connectivity index (χ4v) is 1.68. The number of benzene rings is 1. The van der Waals surface area contributed by atoms with Crippen LogP contribution in [-0.4, -0.2) is 9.55 Å². The van der Waals surface area contributed by atoms with Gasteiger partial charge in [-0.2, -0.15) is 4.98 Å². The van der Waals surface area contributed by atoms with E-state index in [0.29, 0.717) is 6.54 Å². The minimum Gasteiger partial charge on any atom is -0.317 e. The first-order valence-electron chi connectivity index (χ1n) is 4.63. The topological polar surface area (TPSA) is 34.9 Å². The van der Waals surface area contributed by atoms with Gasteiger partial charge in [-0.05, 0) is 17.2 Å². The molecular formula is C11H8Cl2N2O. The third-order valence-corrected chi connectivity index (χ3v) is 2.66. The lowest BCUT2D eigenvalue weighted by Gasteiger charge is -2.08. The SMILES string of the molecule is O=c1nc(Cl)n(Cc2ccccc2)cc1Cl. The number of rotatable bonds is 2. The fraction of sp³-hybridized carbons (Fsp3) is 0.0909. The Hall–Kier alpha value is -1.32. The summed E-state index contributed by atoms with van der Waals surface area (Å²) in [6.45, 7) is 0.534. The molecule has 0 aliphatic heterocycles. The van der Waals surface area contributed by atoms with Crippen molar-refractivity contribution in [2.45, 2.75) is 6.54 Å². The molecule has 0 saturated carbocycles. The van der Waals surface area contributed by atoms with Gasteiger partial charge in [0.2, 0.25) is 5.28 Å². The van der Waals surface area contributed by atoms with Gasteiger partial charge in [0.05, 0.1) is 0 Å². The van der Waals surface area contributed by atoms with Gasteiger partial charge in [-0.3, -0.25) is 4.79 Å². The molecule has 1 heterocycles. The summed E-state index contributed by atoms with van der Waals surface area (Å²) >= 11 is 11.5. The predicted molar refractivity (Wildman–Crippen MR) is 64.1 cm³/mol. The lowest BCUT2D eigenvalue weighted by molar-refractivity contribution is 0.762. The number of halogens is 2. The van der Waals surface area contributed by atoms with E-state index in [-0.39, 0.29) is 10.3 Å². The molecule has 0 fully saturated rings. The normalized spacial score (nSPS) is 10.4. The molecule has 5 heteroatoms. The molecule has 0 unspecified atom stereocenters.